The van der Waals surface area contributed by atoms with Crippen LogP contribution in [0.5, 0.6) is 0 Å². The highest BCUT2D eigenvalue weighted by Crippen LogP contribution is 2.48. The first-order valence-electron chi connectivity index (χ1n) is 15.3. The van der Waals surface area contributed by atoms with Gasteiger partial charge < -0.3 is 4.42 Å². The fourth-order valence-electron chi connectivity index (χ4n) is 6.86. The maximum Gasteiger partial charge on any atom is 0.135 e. The van der Waals surface area contributed by atoms with E-state index < -0.39 is 0 Å². The van der Waals surface area contributed by atoms with E-state index in [9.17, 15) is 5.26 Å². The topological polar surface area (TPSA) is 36.9 Å². The van der Waals surface area contributed by atoms with Crippen molar-refractivity contribution in [3.8, 4) is 50.6 Å². The van der Waals surface area contributed by atoms with Crippen molar-refractivity contribution in [2.24, 2.45) is 0 Å². The van der Waals surface area contributed by atoms with Crippen molar-refractivity contribution in [3.63, 3.8) is 0 Å². The Morgan fingerprint density at radius 2 is 1.09 bits per heavy atom. The van der Waals surface area contributed by atoms with Crippen molar-refractivity contribution >= 4 is 53.4 Å². The summed E-state index contributed by atoms with van der Waals surface area (Å²) in [5.74, 6) is 0. The predicted molar refractivity (Wildman–Crippen MR) is 193 cm³/mol. The zero-order valence-electron chi connectivity index (χ0n) is 24.7. The van der Waals surface area contributed by atoms with Crippen LogP contribution >= 0.6 is 11.3 Å². The standard InChI is InChI=1S/C43H25NOS/c44-26-30-12-4-5-13-31(30)35-21-20-32(28-18-22-39-36(24-28)33-14-6-8-16-38(33)45-39)43(42(35)27-10-2-1-3-11-27)29-19-23-41-37(25-29)34-15-7-9-17-40(34)46-41/h1-25H. The Morgan fingerprint density at radius 3 is 1.98 bits per heavy atom. The van der Waals surface area contributed by atoms with Crippen LogP contribution < -0.4 is 0 Å². The Balaban J connectivity index is 1.41. The second kappa shape index (κ2) is 10.6. The fourth-order valence-corrected chi connectivity index (χ4v) is 7.95. The molecule has 2 aromatic heterocycles. The number of benzene rings is 7. The minimum Gasteiger partial charge on any atom is -0.456 e. The summed E-state index contributed by atoms with van der Waals surface area (Å²) in [5.41, 5.74) is 11.1. The van der Waals surface area contributed by atoms with Gasteiger partial charge in [0.15, 0.2) is 0 Å². The molecule has 214 valence electrons. The van der Waals surface area contributed by atoms with Crippen molar-refractivity contribution < 1.29 is 4.42 Å². The van der Waals surface area contributed by atoms with E-state index >= 15 is 0 Å². The van der Waals surface area contributed by atoms with E-state index in [4.69, 9.17) is 4.42 Å². The average molecular weight is 604 g/mol. The number of hydrogen-bond acceptors (Lipinski definition) is 3. The first-order valence-corrected chi connectivity index (χ1v) is 16.1. The smallest absolute Gasteiger partial charge is 0.135 e. The van der Waals surface area contributed by atoms with Gasteiger partial charge in [-0.3, -0.25) is 0 Å². The summed E-state index contributed by atoms with van der Waals surface area (Å²) in [6.45, 7) is 0. The second-order valence-corrected chi connectivity index (χ2v) is 12.6. The molecule has 7 aromatic carbocycles. The molecule has 0 atom stereocenters. The molecule has 0 saturated heterocycles. The molecule has 0 saturated carbocycles. The van der Waals surface area contributed by atoms with Crippen molar-refractivity contribution in [1.82, 2.24) is 0 Å². The molecule has 46 heavy (non-hydrogen) atoms. The molecule has 9 aromatic rings. The number of nitriles is 1. The molecule has 0 bridgehead atoms. The Hall–Kier alpha value is -5.95. The number of furan rings is 1. The number of thiophene rings is 1. The second-order valence-electron chi connectivity index (χ2n) is 11.6. The van der Waals surface area contributed by atoms with Gasteiger partial charge >= 0.3 is 0 Å². The summed E-state index contributed by atoms with van der Waals surface area (Å²) >= 11 is 1.83. The quantitative estimate of drug-likeness (QED) is 0.201. The van der Waals surface area contributed by atoms with Crippen molar-refractivity contribution in [3.05, 3.63) is 157 Å². The SMILES string of the molecule is N#Cc1ccccc1-c1ccc(-c2ccc3oc4ccccc4c3c2)c(-c2ccc3sc4ccccc4c3c2)c1-c1ccccc1. The van der Waals surface area contributed by atoms with Gasteiger partial charge in [-0.25, -0.2) is 0 Å². The Kier molecular flexibility index (Phi) is 6.09. The lowest BCUT2D eigenvalue weighted by Crippen LogP contribution is -1.96. The third-order valence-electron chi connectivity index (χ3n) is 8.96. The summed E-state index contributed by atoms with van der Waals surface area (Å²) in [7, 11) is 0. The van der Waals surface area contributed by atoms with Crippen LogP contribution in [0, 0.1) is 11.3 Å². The molecule has 0 aliphatic heterocycles. The van der Waals surface area contributed by atoms with Gasteiger partial charge in [0.25, 0.3) is 0 Å². The summed E-state index contributed by atoms with van der Waals surface area (Å²) in [6.07, 6.45) is 0. The minimum absolute atomic E-state index is 0.656. The van der Waals surface area contributed by atoms with Crippen LogP contribution in [0.1, 0.15) is 5.56 Å². The van der Waals surface area contributed by atoms with Crippen LogP contribution in [0.15, 0.2) is 156 Å². The van der Waals surface area contributed by atoms with Gasteiger partial charge in [0, 0.05) is 36.5 Å². The number of nitrogens with zero attached hydrogens (tertiary/aromatic N) is 1. The van der Waals surface area contributed by atoms with E-state index in [-0.39, 0.29) is 0 Å². The van der Waals surface area contributed by atoms with Gasteiger partial charge in [-0.1, -0.05) is 109 Å². The molecular weight excluding hydrogens is 579 g/mol. The van der Waals surface area contributed by atoms with Crippen LogP contribution in [-0.4, -0.2) is 0 Å². The van der Waals surface area contributed by atoms with Crippen LogP contribution in [0.3, 0.4) is 0 Å². The molecular formula is C43H25NOS. The average Bonchev–Trinajstić information content (AvgIpc) is 3.69. The Morgan fingerprint density at radius 1 is 0.435 bits per heavy atom. The normalized spacial score (nSPS) is 11.5. The lowest BCUT2D eigenvalue weighted by molar-refractivity contribution is 0.669. The molecule has 0 aliphatic carbocycles. The summed E-state index contributed by atoms with van der Waals surface area (Å²) in [5, 5.41) is 14.9. The Bertz CT molecular complexity index is 2650. The van der Waals surface area contributed by atoms with Gasteiger partial charge in [0.1, 0.15) is 11.2 Å². The van der Waals surface area contributed by atoms with Crippen LogP contribution in [0.2, 0.25) is 0 Å². The van der Waals surface area contributed by atoms with Crippen molar-refractivity contribution in [2.75, 3.05) is 0 Å². The Labute approximate surface area is 270 Å². The third kappa shape index (κ3) is 4.16. The van der Waals surface area contributed by atoms with Crippen molar-refractivity contribution in [2.45, 2.75) is 0 Å². The van der Waals surface area contributed by atoms with E-state index in [1.807, 2.05) is 41.7 Å². The zero-order valence-corrected chi connectivity index (χ0v) is 25.5. The molecule has 0 spiro atoms. The monoisotopic (exact) mass is 603 g/mol. The first kappa shape index (κ1) is 26.5. The molecule has 0 N–H and O–H groups in total. The van der Waals surface area contributed by atoms with Crippen LogP contribution in [-0.2, 0) is 0 Å². The van der Waals surface area contributed by atoms with E-state index in [0.717, 1.165) is 66.4 Å². The molecule has 3 heteroatoms. The van der Waals surface area contributed by atoms with E-state index in [1.165, 1.54) is 20.2 Å². The van der Waals surface area contributed by atoms with E-state index in [1.54, 1.807) is 0 Å². The van der Waals surface area contributed by atoms with Gasteiger partial charge in [-0.15, -0.1) is 11.3 Å². The molecule has 2 heterocycles. The molecule has 0 aliphatic rings. The van der Waals surface area contributed by atoms with E-state index in [0.29, 0.717) is 5.56 Å². The predicted octanol–water partition coefficient (Wildman–Crippen LogP) is 12.5. The van der Waals surface area contributed by atoms with Crippen LogP contribution in [0.25, 0.3) is 86.6 Å². The highest BCUT2D eigenvalue weighted by atomic mass is 32.1. The van der Waals surface area contributed by atoms with Gasteiger partial charge in [-0.05, 0) is 81.4 Å². The van der Waals surface area contributed by atoms with Gasteiger partial charge in [0.05, 0.1) is 11.6 Å². The number of para-hydroxylation sites is 1. The lowest BCUT2D eigenvalue weighted by Gasteiger charge is -2.21. The maximum atomic E-state index is 10.2. The largest absolute Gasteiger partial charge is 0.456 e. The molecule has 9 rings (SSSR count). The minimum atomic E-state index is 0.656. The first-order chi connectivity index (χ1) is 22.8. The lowest BCUT2D eigenvalue weighted by atomic mass is 9.82. The molecule has 0 fully saturated rings. The summed E-state index contributed by atoms with van der Waals surface area (Å²) in [4.78, 5) is 0. The summed E-state index contributed by atoms with van der Waals surface area (Å²) < 4.78 is 8.76. The fraction of sp³-hybridized carbons (Fsp3) is 0. The highest BCUT2D eigenvalue weighted by Gasteiger charge is 2.22. The molecule has 0 unspecified atom stereocenters. The van der Waals surface area contributed by atoms with Crippen LogP contribution in [0.4, 0.5) is 0 Å². The molecule has 0 radical (unpaired) electrons. The van der Waals surface area contributed by atoms with E-state index in [2.05, 4.69) is 127 Å². The third-order valence-corrected chi connectivity index (χ3v) is 10.1. The molecule has 2 nitrogen and oxygen atoms in total. The van der Waals surface area contributed by atoms with Crippen molar-refractivity contribution in [1.29, 1.82) is 5.26 Å². The van der Waals surface area contributed by atoms with Gasteiger partial charge in [0.2, 0.25) is 0 Å². The number of rotatable bonds is 4. The highest BCUT2D eigenvalue weighted by molar-refractivity contribution is 7.25. The zero-order chi connectivity index (χ0) is 30.6. The summed E-state index contributed by atoms with van der Waals surface area (Å²) in [6, 6.07) is 55.6. The van der Waals surface area contributed by atoms with Gasteiger partial charge in [-0.2, -0.15) is 5.26 Å². The number of hydrogen-bond donors (Lipinski definition) is 0. The maximum absolute atomic E-state index is 10.2. The number of fused-ring (bicyclic) bond motifs is 6. The molecule has 0 amide bonds.